The Morgan fingerprint density at radius 1 is 1.10 bits per heavy atom. The summed E-state index contributed by atoms with van der Waals surface area (Å²) >= 11 is 0. The molecule has 8 nitrogen and oxygen atoms in total. The molecule has 0 radical (unpaired) electrons. The number of nitrogens with one attached hydrogen (secondary N) is 1. The van der Waals surface area contributed by atoms with Crippen LogP contribution in [-0.2, 0) is 6.61 Å². The maximum atomic E-state index is 13.0. The van der Waals surface area contributed by atoms with Crippen molar-refractivity contribution in [3.63, 3.8) is 0 Å². The molecule has 0 aliphatic rings. The van der Waals surface area contributed by atoms with Gasteiger partial charge in [-0.05, 0) is 49.2 Å². The zero-order valence-corrected chi connectivity index (χ0v) is 17.7. The van der Waals surface area contributed by atoms with Gasteiger partial charge >= 0.3 is 0 Å². The van der Waals surface area contributed by atoms with Gasteiger partial charge in [0.2, 0.25) is 11.7 Å². The van der Waals surface area contributed by atoms with Gasteiger partial charge in [-0.2, -0.15) is 4.98 Å². The first-order chi connectivity index (χ1) is 14.4. The fourth-order valence-corrected chi connectivity index (χ4v) is 3.14. The van der Waals surface area contributed by atoms with Gasteiger partial charge in [0.15, 0.2) is 18.1 Å². The average Bonchev–Trinajstić information content (AvgIpc) is 3.17. The molecule has 30 heavy (non-hydrogen) atoms. The Kier molecular flexibility index (Phi) is 6.56. The monoisotopic (exact) mass is 411 g/mol. The Hall–Kier alpha value is -3.55. The van der Waals surface area contributed by atoms with Gasteiger partial charge in [-0.15, -0.1) is 0 Å². The Bertz CT molecular complexity index is 1030. The van der Waals surface area contributed by atoms with Crippen LogP contribution in [0.1, 0.15) is 46.2 Å². The first kappa shape index (κ1) is 21.2. The van der Waals surface area contributed by atoms with Gasteiger partial charge in [0.05, 0.1) is 25.8 Å². The molecule has 3 aromatic rings. The Balaban J connectivity index is 1.76. The van der Waals surface area contributed by atoms with Gasteiger partial charge in [-0.1, -0.05) is 17.3 Å². The highest BCUT2D eigenvalue weighted by molar-refractivity contribution is 5.97. The van der Waals surface area contributed by atoms with Crippen molar-refractivity contribution in [2.45, 2.75) is 33.4 Å². The minimum absolute atomic E-state index is 0.103. The largest absolute Gasteiger partial charge is 0.493 e. The summed E-state index contributed by atoms with van der Waals surface area (Å²) in [6, 6.07) is 10.5. The number of ether oxygens (including phenoxy) is 3. The molecule has 0 aliphatic heterocycles. The van der Waals surface area contributed by atoms with Gasteiger partial charge < -0.3 is 24.1 Å². The van der Waals surface area contributed by atoms with Gasteiger partial charge in [0.1, 0.15) is 5.75 Å². The van der Waals surface area contributed by atoms with Gasteiger partial charge in [0.25, 0.3) is 5.91 Å². The lowest BCUT2D eigenvalue weighted by Gasteiger charge is -2.20. The molecule has 158 valence electrons. The van der Waals surface area contributed by atoms with E-state index in [4.69, 9.17) is 18.7 Å². The minimum Gasteiger partial charge on any atom is -0.493 e. The predicted octanol–water partition coefficient (Wildman–Crippen LogP) is 3.77. The molecule has 3 rings (SSSR count). The minimum atomic E-state index is -0.259. The smallest absolute Gasteiger partial charge is 0.255 e. The highest BCUT2D eigenvalue weighted by Crippen LogP contribution is 2.33. The van der Waals surface area contributed by atoms with Crippen molar-refractivity contribution >= 4 is 5.91 Å². The molecule has 1 N–H and O–H groups in total. The second-order valence-corrected chi connectivity index (χ2v) is 6.77. The lowest BCUT2D eigenvalue weighted by molar-refractivity contribution is 0.0935. The predicted molar refractivity (Wildman–Crippen MR) is 110 cm³/mol. The number of benzene rings is 2. The topological polar surface area (TPSA) is 95.7 Å². The van der Waals surface area contributed by atoms with Crippen molar-refractivity contribution in [2.24, 2.45) is 0 Å². The summed E-state index contributed by atoms with van der Waals surface area (Å²) in [6.07, 6.45) is 0. The van der Waals surface area contributed by atoms with E-state index < -0.39 is 0 Å². The van der Waals surface area contributed by atoms with Crippen LogP contribution < -0.4 is 19.5 Å². The third-order valence-corrected chi connectivity index (χ3v) is 4.64. The number of amides is 1. The van der Waals surface area contributed by atoms with E-state index in [9.17, 15) is 4.79 Å². The molecule has 1 heterocycles. The molecule has 8 heteroatoms. The zero-order chi connectivity index (χ0) is 21.7. The van der Waals surface area contributed by atoms with E-state index in [1.165, 1.54) is 0 Å². The molecule has 0 bridgehead atoms. The number of methoxy groups -OCH3 is 2. The van der Waals surface area contributed by atoms with Gasteiger partial charge in [-0.3, -0.25) is 4.79 Å². The van der Waals surface area contributed by atoms with E-state index in [0.717, 1.165) is 11.1 Å². The Morgan fingerprint density at radius 3 is 2.47 bits per heavy atom. The average molecular weight is 411 g/mol. The van der Waals surface area contributed by atoms with Crippen molar-refractivity contribution in [3.8, 4) is 17.2 Å². The molecule has 2 aromatic carbocycles. The summed E-state index contributed by atoms with van der Waals surface area (Å²) in [5.41, 5.74) is 2.34. The third-order valence-electron chi connectivity index (χ3n) is 4.64. The number of hydrogen-bond donors (Lipinski definition) is 1. The highest BCUT2D eigenvalue weighted by atomic mass is 16.5. The standard InChI is InChI=1S/C22H25N3O5/c1-13-10-19(27-4)20(28-5)11-17(13)14(2)23-22(26)16-8-6-7-9-18(16)29-12-21-24-15(3)30-25-21/h6-11,14H,12H2,1-5H3,(H,23,26)/t14-/m1/s1. The summed E-state index contributed by atoms with van der Waals surface area (Å²) in [4.78, 5) is 17.1. The fourth-order valence-electron chi connectivity index (χ4n) is 3.14. The molecule has 0 saturated heterocycles. The number of rotatable bonds is 8. The van der Waals surface area contributed by atoms with Crippen molar-refractivity contribution < 1.29 is 23.5 Å². The molecule has 0 spiro atoms. The number of aryl methyl sites for hydroxylation is 2. The van der Waals surface area contributed by atoms with Crippen LogP contribution >= 0.6 is 0 Å². The quantitative estimate of drug-likeness (QED) is 0.603. The number of carbonyl (C=O) groups excluding carboxylic acids is 1. The van der Waals surface area contributed by atoms with Crippen molar-refractivity contribution in [1.29, 1.82) is 0 Å². The van der Waals surface area contributed by atoms with Crippen LogP contribution in [0.5, 0.6) is 17.2 Å². The van der Waals surface area contributed by atoms with Gasteiger partial charge in [0, 0.05) is 6.92 Å². The molecule has 1 aromatic heterocycles. The van der Waals surface area contributed by atoms with Crippen LogP contribution in [0, 0.1) is 13.8 Å². The normalized spacial score (nSPS) is 11.6. The molecular weight excluding hydrogens is 386 g/mol. The van der Waals surface area contributed by atoms with Crippen LogP contribution in [0.3, 0.4) is 0 Å². The van der Waals surface area contributed by atoms with Crippen LogP contribution in [-0.4, -0.2) is 30.3 Å². The Labute approximate surface area is 175 Å². The van der Waals surface area contributed by atoms with E-state index in [-0.39, 0.29) is 18.6 Å². The van der Waals surface area contributed by atoms with Crippen molar-refractivity contribution in [3.05, 3.63) is 64.8 Å². The number of nitrogens with zero attached hydrogens (tertiary/aromatic N) is 2. The molecular formula is C22H25N3O5. The van der Waals surface area contributed by atoms with Crippen molar-refractivity contribution in [1.82, 2.24) is 15.5 Å². The summed E-state index contributed by atoms with van der Waals surface area (Å²) in [6.45, 7) is 5.68. The number of aromatic nitrogens is 2. The molecule has 1 atom stereocenters. The lowest BCUT2D eigenvalue weighted by Crippen LogP contribution is -2.27. The number of para-hydroxylation sites is 1. The maximum Gasteiger partial charge on any atom is 0.255 e. The summed E-state index contributed by atoms with van der Waals surface area (Å²) in [7, 11) is 3.17. The molecule has 1 amide bonds. The first-order valence-corrected chi connectivity index (χ1v) is 9.47. The van der Waals surface area contributed by atoms with Crippen LogP contribution in [0.25, 0.3) is 0 Å². The van der Waals surface area contributed by atoms with E-state index in [1.807, 2.05) is 26.0 Å². The lowest BCUT2D eigenvalue weighted by atomic mass is 10.0. The fraction of sp³-hybridized carbons (Fsp3) is 0.318. The van der Waals surface area contributed by atoms with E-state index >= 15 is 0 Å². The molecule has 0 fully saturated rings. The van der Waals surface area contributed by atoms with Crippen molar-refractivity contribution in [2.75, 3.05) is 14.2 Å². The number of carbonyl (C=O) groups is 1. The molecule has 0 saturated carbocycles. The summed E-state index contributed by atoms with van der Waals surface area (Å²) in [5.74, 6) is 2.31. The van der Waals surface area contributed by atoms with E-state index in [1.54, 1.807) is 45.4 Å². The second-order valence-electron chi connectivity index (χ2n) is 6.77. The molecule has 0 aliphatic carbocycles. The first-order valence-electron chi connectivity index (χ1n) is 9.47. The Morgan fingerprint density at radius 2 is 1.80 bits per heavy atom. The van der Waals surface area contributed by atoms with Crippen LogP contribution in [0.15, 0.2) is 40.9 Å². The highest BCUT2D eigenvalue weighted by Gasteiger charge is 2.19. The second kappa shape index (κ2) is 9.30. The third kappa shape index (κ3) is 4.71. The van der Waals surface area contributed by atoms with Gasteiger partial charge in [-0.25, -0.2) is 0 Å². The number of hydrogen-bond acceptors (Lipinski definition) is 7. The van der Waals surface area contributed by atoms with Crippen LogP contribution in [0.4, 0.5) is 0 Å². The zero-order valence-electron chi connectivity index (χ0n) is 17.7. The SMILES string of the molecule is COc1cc(C)c([C@@H](C)NC(=O)c2ccccc2OCc2noc(C)n2)cc1OC. The van der Waals surface area contributed by atoms with Crippen LogP contribution in [0.2, 0.25) is 0 Å². The van der Waals surface area contributed by atoms with E-state index in [2.05, 4.69) is 15.5 Å². The summed E-state index contributed by atoms with van der Waals surface area (Å²) < 4.78 is 21.4. The maximum absolute atomic E-state index is 13.0. The van der Waals surface area contributed by atoms with E-state index in [0.29, 0.717) is 34.5 Å². The summed E-state index contributed by atoms with van der Waals surface area (Å²) in [5, 5.41) is 6.82. The molecule has 0 unspecified atom stereocenters.